The van der Waals surface area contributed by atoms with Crippen LogP contribution < -0.4 is 5.32 Å². The molecule has 2 atom stereocenters. The van der Waals surface area contributed by atoms with Gasteiger partial charge in [0.1, 0.15) is 0 Å². The summed E-state index contributed by atoms with van der Waals surface area (Å²) in [5.74, 6) is -1.78. The molecule has 0 radical (unpaired) electrons. The first-order chi connectivity index (χ1) is 11.0. The van der Waals surface area contributed by atoms with Crippen LogP contribution in [-0.4, -0.2) is 48.1 Å². The number of nitrogens with one attached hydrogen (secondary N) is 1. The summed E-state index contributed by atoms with van der Waals surface area (Å²) >= 11 is 0. The van der Waals surface area contributed by atoms with E-state index in [1.165, 1.54) is 6.07 Å². The normalized spacial score (nSPS) is 22.6. The van der Waals surface area contributed by atoms with Crippen molar-refractivity contribution in [1.82, 2.24) is 15.1 Å². The number of hydrogen-bond donors (Lipinski definition) is 1. The molecular formula is C17H21F2N3O. The van der Waals surface area contributed by atoms with Crippen molar-refractivity contribution in [3.05, 3.63) is 47.5 Å². The SMILES string of the molecule is C[C@H](NC(=O)N1CC[C@H](N2CC=CC2)C1)c1ccc(F)c(F)c1. The van der Waals surface area contributed by atoms with Crippen molar-refractivity contribution in [1.29, 1.82) is 0 Å². The average molecular weight is 321 g/mol. The number of likely N-dealkylation sites (tertiary alicyclic amines) is 1. The molecule has 124 valence electrons. The van der Waals surface area contributed by atoms with Gasteiger partial charge in [-0.3, -0.25) is 4.90 Å². The van der Waals surface area contributed by atoms with E-state index in [0.717, 1.165) is 38.2 Å². The second-order valence-corrected chi connectivity index (χ2v) is 6.16. The second-order valence-electron chi connectivity index (χ2n) is 6.16. The van der Waals surface area contributed by atoms with Gasteiger partial charge < -0.3 is 10.2 Å². The first kappa shape index (κ1) is 15.9. The summed E-state index contributed by atoms with van der Waals surface area (Å²) in [5.41, 5.74) is 0.553. The highest BCUT2D eigenvalue weighted by molar-refractivity contribution is 5.75. The van der Waals surface area contributed by atoms with Crippen molar-refractivity contribution in [3.8, 4) is 0 Å². The molecule has 0 aromatic heterocycles. The number of carbonyl (C=O) groups excluding carboxylic acids is 1. The van der Waals surface area contributed by atoms with E-state index in [4.69, 9.17) is 0 Å². The van der Waals surface area contributed by atoms with Crippen molar-refractivity contribution in [2.45, 2.75) is 25.4 Å². The van der Waals surface area contributed by atoms with Crippen molar-refractivity contribution in [2.75, 3.05) is 26.2 Å². The van der Waals surface area contributed by atoms with Crippen LogP contribution in [-0.2, 0) is 0 Å². The molecule has 0 spiro atoms. The Hall–Kier alpha value is -1.95. The molecule has 2 aliphatic rings. The minimum Gasteiger partial charge on any atom is -0.331 e. The van der Waals surface area contributed by atoms with E-state index in [0.29, 0.717) is 18.2 Å². The average Bonchev–Trinajstić information content (AvgIpc) is 3.20. The van der Waals surface area contributed by atoms with Gasteiger partial charge >= 0.3 is 6.03 Å². The topological polar surface area (TPSA) is 35.6 Å². The van der Waals surface area contributed by atoms with E-state index < -0.39 is 11.6 Å². The maximum absolute atomic E-state index is 13.3. The molecule has 1 aromatic rings. The van der Waals surface area contributed by atoms with E-state index >= 15 is 0 Å². The van der Waals surface area contributed by atoms with E-state index in [9.17, 15) is 13.6 Å². The molecule has 4 nitrogen and oxygen atoms in total. The van der Waals surface area contributed by atoms with Gasteiger partial charge in [0.2, 0.25) is 0 Å². The highest BCUT2D eigenvalue weighted by Gasteiger charge is 2.31. The third-order valence-electron chi connectivity index (χ3n) is 4.60. The summed E-state index contributed by atoms with van der Waals surface area (Å²) in [4.78, 5) is 16.5. The molecular weight excluding hydrogens is 300 g/mol. The number of rotatable bonds is 3. The van der Waals surface area contributed by atoms with Gasteiger partial charge in [0.15, 0.2) is 11.6 Å². The number of halogens is 2. The van der Waals surface area contributed by atoms with Gasteiger partial charge in [0, 0.05) is 32.2 Å². The smallest absolute Gasteiger partial charge is 0.317 e. The van der Waals surface area contributed by atoms with Gasteiger partial charge in [-0.15, -0.1) is 0 Å². The van der Waals surface area contributed by atoms with Crippen LogP contribution in [0.3, 0.4) is 0 Å². The van der Waals surface area contributed by atoms with Gasteiger partial charge in [0.05, 0.1) is 6.04 Å². The van der Waals surface area contributed by atoms with Gasteiger partial charge in [-0.25, -0.2) is 13.6 Å². The Balaban J connectivity index is 1.55. The van der Waals surface area contributed by atoms with Crippen LogP contribution in [0.1, 0.15) is 24.9 Å². The van der Waals surface area contributed by atoms with Crippen molar-refractivity contribution in [2.24, 2.45) is 0 Å². The van der Waals surface area contributed by atoms with E-state index in [1.54, 1.807) is 11.8 Å². The monoisotopic (exact) mass is 321 g/mol. The summed E-state index contributed by atoms with van der Waals surface area (Å²) in [6.07, 6.45) is 5.26. The summed E-state index contributed by atoms with van der Waals surface area (Å²) in [6.45, 7) is 5.09. The Kier molecular flexibility index (Phi) is 4.61. The molecule has 1 saturated heterocycles. The Morgan fingerprint density at radius 3 is 2.70 bits per heavy atom. The molecule has 0 bridgehead atoms. The van der Waals surface area contributed by atoms with Crippen LogP contribution in [0.4, 0.5) is 13.6 Å². The lowest BCUT2D eigenvalue weighted by Gasteiger charge is -2.25. The van der Waals surface area contributed by atoms with Crippen molar-refractivity contribution in [3.63, 3.8) is 0 Å². The molecule has 2 heterocycles. The zero-order valence-corrected chi connectivity index (χ0v) is 13.1. The largest absolute Gasteiger partial charge is 0.331 e. The summed E-state index contributed by atoms with van der Waals surface area (Å²) < 4.78 is 26.3. The molecule has 1 aromatic carbocycles. The highest BCUT2D eigenvalue weighted by atomic mass is 19.2. The molecule has 2 amide bonds. The Morgan fingerprint density at radius 2 is 2.00 bits per heavy atom. The van der Waals surface area contributed by atoms with E-state index in [2.05, 4.69) is 22.4 Å². The van der Waals surface area contributed by atoms with Crippen LogP contribution >= 0.6 is 0 Å². The van der Waals surface area contributed by atoms with Gasteiger partial charge in [-0.1, -0.05) is 18.2 Å². The third kappa shape index (κ3) is 3.52. The molecule has 3 rings (SSSR count). The molecule has 1 N–H and O–H groups in total. The lowest BCUT2D eigenvalue weighted by molar-refractivity contribution is 0.197. The van der Waals surface area contributed by atoms with E-state index in [-0.39, 0.29) is 12.1 Å². The Bertz CT molecular complexity index is 612. The predicted molar refractivity (Wildman–Crippen MR) is 84.0 cm³/mol. The maximum Gasteiger partial charge on any atom is 0.317 e. The molecule has 6 heteroatoms. The fourth-order valence-electron chi connectivity index (χ4n) is 3.16. The minimum atomic E-state index is -0.897. The minimum absolute atomic E-state index is 0.156. The van der Waals surface area contributed by atoms with Gasteiger partial charge in [-0.2, -0.15) is 0 Å². The lowest BCUT2D eigenvalue weighted by Crippen LogP contribution is -2.42. The van der Waals surface area contributed by atoms with Gasteiger partial charge in [-0.05, 0) is 31.0 Å². The number of nitrogens with zero attached hydrogens (tertiary/aromatic N) is 2. The van der Waals surface area contributed by atoms with Gasteiger partial charge in [0.25, 0.3) is 0 Å². The van der Waals surface area contributed by atoms with E-state index in [1.807, 2.05) is 0 Å². The number of amides is 2. The number of benzene rings is 1. The first-order valence-corrected chi connectivity index (χ1v) is 7.94. The third-order valence-corrected chi connectivity index (χ3v) is 4.60. The molecule has 0 saturated carbocycles. The Labute approximate surface area is 134 Å². The van der Waals surface area contributed by atoms with Crippen LogP contribution in [0, 0.1) is 11.6 Å². The number of carbonyl (C=O) groups is 1. The van der Waals surface area contributed by atoms with Crippen LogP contribution in [0.2, 0.25) is 0 Å². The number of urea groups is 1. The number of hydrogen-bond acceptors (Lipinski definition) is 2. The summed E-state index contributed by atoms with van der Waals surface area (Å²) in [7, 11) is 0. The van der Waals surface area contributed by atoms with Crippen molar-refractivity contribution >= 4 is 6.03 Å². The molecule has 0 aliphatic carbocycles. The van der Waals surface area contributed by atoms with Crippen molar-refractivity contribution < 1.29 is 13.6 Å². The Morgan fingerprint density at radius 1 is 1.26 bits per heavy atom. The van der Waals surface area contributed by atoms with Crippen LogP contribution in [0.15, 0.2) is 30.4 Å². The molecule has 23 heavy (non-hydrogen) atoms. The lowest BCUT2D eigenvalue weighted by atomic mass is 10.1. The first-order valence-electron chi connectivity index (χ1n) is 7.94. The summed E-state index contributed by atoms with van der Waals surface area (Å²) in [6, 6.07) is 3.57. The fraction of sp³-hybridized carbons (Fsp3) is 0.471. The predicted octanol–water partition coefficient (Wildman–Crippen LogP) is 2.68. The zero-order chi connectivity index (χ0) is 16.4. The maximum atomic E-state index is 13.3. The molecule has 0 unspecified atom stereocenters. The zero-order valence-electron chi connectivity index (χ0n) is 13.1. The fourth-order valence-corrected chi connectivity index (χ4v) is 3.16. The standard InChI is InChI=1S/C17H21F2N3O/c1-12(13-4-5-15(18)16(19)10-13)20-17(23)22-9-6-14(11-22)21-7-2-3-8-21/h2-5,10,12,14H,6-9,11H2,1H3,(H,20,23)/t12-,14-/m0/s1. The molecule has 1 fully saturated rings. The van der Waals surface area contributed by atoms with Crippen LogP contribution in [0.5, 0.6) is 0 Å². The highest BCUT2D eigenvalue weighted by Crippen LogP contribution is 2.20. The summed E-state index contributed by atoms with van der Waals surface area (Å²) in [5, 5.41) is 2.86. The van der Waals surface area contributed by atoms with Crippen LogP contribution in [0.25, 0.3) is 0 Å². The quantitative estimate of drug-likeness (QED) is 0.869. The second kappa shape index (κ2) is 6.66. The molecule has 2 aliphatic heterocycles.